The molecule has 0 aliphatic carbocycles. The van der Waals surface area contributed by atoms with E-state index in [2.05, 4.69) is 49.3 Å². The molecule has 0 rings (SSSR count). The standard InChI is InChI=1S/C19H41N4O.Rb/c1-7-12-13-20(6)19(24)18-23(16-14-21(8-2)9-3)17-15-22(10-4)11-5;/h18H,7-17H2,1-6H3;/q-1;+1. The number of nitrogens with zero attached hydrogens (tertiary/aromatic N) is 4. The Morgan fingerprint density at radius 2 is 1.20 bits per heavy atom. The van der Waals surface area contributed by atoms with Gasteiger partial charge in [0.15, 0.2) is 0 Å². The summed E-state index contributed by atoms with van der Waals surface area (Å²) in [5, 5.41) is 0. The molecule has 0 aliphatic rings. The number of unbranched alkanes of at least 4 members (excludes halogenated alkanes) is 1. The van der Waals surface area contributed by atoms with E-state index in [1.54, 1.807) is 0 Å². The Labute approximate surface area is 206 Å². The van der Waals surface area contributed by atoms with Crippen LogP contribution in [0, 0.1) is 6.54 Å². The van der Waals surface area contributed by atoms with Crippen molar-refractivity contribution >= 4 is 5.91 Å². The minimum Gasteiger partial charge on any atom is -0.431 e. The van der Waals surface area contributed by atoms with Crippen LogP contribution in [0.25, 0.3) is 0 Å². The number of rotatable bonds is 15. The maximum Gasteiger partial charge on any atom is 1.00 e. The van der Waals surface area contributed by atoms with Gasteiger partial charge in [-0.05, 0) is 45.7 Å². The molecular formula is C19H41N4ORb. The molecule has 0 bridgehead atoms. The summed E-state index contributed by atoms with van der Waals surface area (Å²) in [5.41, 5.74) is 0. The number of likely N-dealkylation sites (N-methyl/N-ethyl adjacent to an activating group) is 3. The predicted molar refractivity (Wildman–Crippen MR) is 104 cm³/mol. The molecule has 1 amide bonds. The zero-order valence-corrected chi connectivity index (χ0v) is 23.0. The molecule has 5 nitrogen and oxygen atoms in total. The van der Waals surface area contributed by atoms with Gasteiger partial charge in [-0.1, -0.05) is 41.0 Å². The average molecular weight is 427 g/mol. The van der Waals surface area contributed by atoms with Crippen molar-refractivity contribution in [2.75, 3.05) is 66.0 Å². The van der Waals surface area contributed by atoms with Gasteiger partial charge in [0.25, 0.3) is 0 Å². The molecule has 0 aromatic heterocycles. The summed E-state index contributed by atoms with van der Waals surface area (Å²) >= 11 is 0. The van der Waals surface area contributed by atoms with Crippen LogP contribution >= 0.6 is 0 Å². The van der Waals surface area contributed by atoms with Crippen molar-refractivity contribution in [1.29, 1.82) is 0 Å². The Balaban J connectivity index is 0. The summed E-state index contributed by atoms with van der Waals surface area (Å²) in [5.74, 6) is 0.127. The van der Waals surface area contributed by atoms with E-state index < -0.39 is 0 Å². The Morgan fingerprint density at radius 1 is 0.760 bits per heavy atom. The van der Waals surface area contributed by atoms with Gasteiger partial charge in [0, 0.05) is 26.7 Å². The first-order valence-corrected chi connectivity index (χ1v) is 9.80. The summed E-state index contributed by atoms with van der Waals surface area (Å²) in [4.78, 5) is 21.3. The van der Waals surface area contributed by atoms with Crippen molar-refractivity contribution in [2.24, 2.45) is 0 Å². The first-order valence-electron chi connectivity index (χ1n) is 9.80. The average Bonchev–Trinajstić information content (AvgIpc) is 2.60. The third kappa shape index (κ3) is 13.8. The Hall–Kier alpha value is 1.03. The van der Waals surface area contributed by atoms with Gasteiger partial charge >= 0.3 is 58.2 Å². The third-order valence-electron chi connectivity index (χ3n) is 4.71. The number of hydrogen-bond donors (Lipinski definition) is 0. The van der Waals surface area contributed by atoms with Crippen LogP contribution in [-0.4, -0.2) is 91.5 Å². The van der Waals surface area contributed by atoms with Gasteiger partial charge in [-0.3, -0.25) is 0 Å². The third-order valence-corrected chi connectivity index (χ3v) is 4.71. The fraction of sp³-hybridized carbons (Fsp3) is 0.895. The number of hydrogen-bond acceptors (Lipinski definition) is 4. The van der Waals surface area contributed by atoms with Gasteiger partial charge in [-0.15, -0.1) is 0 Å². The van der Waals surface area contributed by atoms with E-state index in [1.165, 1.54) is 0 Å². The minimum absolute atomic E-state index is 0. The van der Waals surface area contributed by atoms with Crippen LogP contribution < -0.4 is 58.2 Å². The van der Waals surface area contributed by atoms with E-state index in [0.29, 0.717) is 0 Å². The maximum atomic E-state index is 12.4. The Bertz CT molecular complexity index is 294. The van der Waals surface area contributed by atoms with Crippen LogP contribution in [0.1, 0.15) is 47.5 Å². The molecule has 0 fully saturated rings. The van der Waals surface area contributed by atoms with Crippen LogP contribution in [0.3, 0.4) is 0 Å². The van der Waals surface area contributed by atoms with E-state index in [4.69, 9.17) is 0 Å². The molecule has 0 unspecified atom stereocenters. The van der Waals surface area contributed by atoms with Gasteiger partial charge in [0.05, 0.1) is 5.91 Å². The molecule has 0 saturated heterocycles. The summed E-state index contributed by atoms with van der Waals surface area (Å²) in [6, 6.07) is 0. The molecule has 25 heavy (non-hydrogen) atoms. The molecule has 0 heterocycles. The van der Waals surface area contributed by atoms with Crippen molar-refractivity contribution < 1.29 is 63.0 Å². The van der Waals surface area contributed by atoms with Crippen LogP contribution in [0.2, 0.25) is 0 Å². The van der Waals surface area contributed by atoms with Crippen molar-refractivity contribution in [1.82, 2.24) is 19.6 Å². The predicted octanol–water partition coefficient (Wildman–Crippen LogP) is -0.604. The quantitative estimate of drug-likeness (QED) is 0.327. The second-order valence-electron chi connectivity index (χ2n) is 6.33. The van der Waals surface area contributed by atoms with E-state index in [9.17, 15) is 4.79 Å². The molecule has 0 aliphatic heterocycles. The number of carbonyl (C=O) groups excluding carboxylic acids is 1. The molecule has 6 heteroatoms. The number of carbonyl (C=O) groups is 1. The summed E-state index contributed by atoms with van der Waals surface area (Å²) < 4.78 is 0. The fourth-order valence-corrected chi connectivity index (χ4v) is 2.62. The smallest absolute Gasteiger partial charge is 0.431 e. The normalized spacial score (nSPS) is 11.1. The molecule has 0 aromatic rings. The molecule has 144 valence electrons. The van der Waals surface area contributed by atoms with Crippen molar-refractivity contribution in [3.05, 3.63) is 6.54 Å². The molecule has 0 atom stereocenters. The summed E-state index contributed by atoms with van der Waals surface area (Å²) in [6.45, 7) is 21.7. The Kier molecular flexibility index (Phi) is 20.8. The molecular weight excluding hydrogens is 386 g/mol. The van der Waals surface area contributed by atoms with Crippen LogP contribution in [0.5, 0.6) is 0 Å². The maximum absolute atomic E-state index is 12.4. The first-order chi connectivity index (χ1) is 11.5. The van der Waals surface area contributed by atoms with Crippen molar-refractivity contribution in [3.63, 3.8) is 0 Å². The second kappa shape index (κ2) is 18.4. The second-order valence-corrected chi connectivity index (χ2v) is 6.33. The first kappa shape index (κ1) is 28.2. The zero-order chi connectivity index (χ0) is 18.4. The molecule has 0 spiro atoms. The van der Waals surface area contributed by atoms with E-state index in [-0.39, 0.29) is 64.1 Å². The largest absolute Gasteiger partial charge is 1.00 e. The van der Waals surface area contributed by atoms with Crippen LogP contribution in [-0.2, 0) is 4.79 Å². The van der Waals surface area contributed by atoms with Gasteiger partial charge in [-0.25, -0.2) is 6.54 Å². The fourth-order valence-electron chi connectivity index (χ4n) is 2.62. The van der Waals surface area contributed by atoms with Gasteiger partial charge in [0.1, 0.15) is 0 Å². The van der Waals surface area contributed by atoms with Crippen molar-refractivity contribution in [2.45, 2.75) is 47.5 Å². The van der Waals surface area contributed by atoms with Crippen LogP contribution in [0.15, 0.2) is 0 Å². The SMILES string of the molecule is CCCCN(C)C(=O)[CH-]N(CCN(CC)CC)CCN(CC)CC.[Rb+]. The van der Waals surface area contributed by atoms with Crippen molar-refractivity contribution in [3.8, 4) is 0 Å². The number of amides is 1. The molecule has 0 aromatic carbocycles. The zero-order valence-electron chi connectivity index (χ0n) is 18.1. The van der Waals surface area contributed by atoms with E-state index in [0.717, 1.165) is 71.7 Å². The topological polar surface area (TPSA) is 30.0 Å². The summed E-state index contributed by atoms with van der Waals surface area (Å²) in [6.07, 6.45) is 2.18. The van der Waals surface area contributed by atoms with E-state index in [1.807, 2.05) is 18.5 Å². The molecule has 0 N–H and O–H groups in total. The monoisotopic (exact) mass is 426 g/mol. The Morgan fingerprint density at radius 3 is 1.56 bits per heavy atom. The van der Waals surface area contributed by atoms with Gasteiger partial charge < -0.3 is 24.4 Å². The molecule has 0 saturated carbocycles. The minimum atomic E-state index is 0. The summed E-state index contributed by atoms with van der Waals surface area (Å²) in [7, 11) is 1.90. The van der Waals surface area contributed by atoms with E-state index >= 15 is 0 Å². The van der Waals surface area contributed by atoms with Gasteiger partial charge in [-0.2, -0.15) is 0 Å². The van der Waals surface area contributed by atoms with Gasteiger partial charge in [0.2, 0.25) is 0 Å². The van der Waals surface area contributed by atoms with Crippen LogP contribution in [0.4, 0.5) is 0 Å². The molecule has 0 radical (unpaired) electrons.